The van der Waals surface area contributed by atoms with E-state index in [0.29, 0.717) is 21.6 Å². The van der Waals surface area contributed by atoms with Gasteiger partial charge in [-0.05, 0) is 40.5 Å². The lowest BCUT2D eigenvalue weighted by Crippen LogP contribution is -2.30. The average Bonchev–Trinajstić information content (AvgIpc) is 2.65. The van der Waals surface area contributed by atoms with Gasteiger partial charge in [0, 0.05) is 5.57 Å². The SMILES string of the molecule is COc1ccc(CN2C(=O)C(C)=C(Br)C2=O)cc1OC. The van der Waals surface area contributed by atoms with Gasteiger partial charge >= 0.3 is 0 Å². The quantitative estimate of drug-likeness (QED) is 0.789. The lowest BCUT2D eigenvalue weighted by atomic mass is 10.2. The van der Waals surface area contributed by atoms with Crippen molar-refractivity contribution in [2.75, 3.05) is 14.2 Å². The minimum absolute atomic E-state index is 0.199. The Morgan fingerprint density at radius 1 is 1.10 bits per heavy atom. The molecule has 5 nitrogen and oxygen atoms in total. The van der Waals surface area contributed by atoms with Crippen molar-refractivity contribution in [1.29, 1.82) is 0 Å². The molecule has 1 aliphatic heterocycles. The summed E-state index contributed by atoms with van der Waals surface area (Å²) in [6, 6.07) is 5.29. The van der Waals surface area contributed by atoms with Crippen LogP contribution in [-0.4, -0.2) is 30.9 Å². The summed E-state index contributed by atoms with van der Waals surface area (Å²) in [6.45, 7) is 1.82. The predicted octanol–water partition coefficient (Wildman–Crippen LogP) is 2.24. The standard InChI is InChI=1S/C14H14BrNO4/c1-8-12(15)14(18)16(13(8)17)7-9-4-5-10(19-2)11(6-9)20-3/h4-6H,7H2,1-3H3. The Bertz CT molecular complexity index is 585. The monoisotopic (exact) mass is 339 g/mol. The predicted molar refractivity (Wildman–Crippen MR) is 76.7 cm³/mol. The van der Waals surface area contributed by atoms with E-state index >= 15 is 0 Å². The molecule has 0 aromatic heterocycles. The van der Waals surface area contributed by atoms with Crippen LogP contribution in [0.4, 0.5) is 0 Å². The Morgan fingerprint density at radius 3 is 2.25 bits per heavy atom. The van der Waals surface area contributed by atoms with E-state index in [1.807, 2.05) is 0 Å². The Hall–Kier alpha value is -1.82. The molecule has 1 aliphatic rings. The van der Waals surface area contributed by atoms with Crippen LogP contribution in [0.15, 0.2) is 28.3 Å². The summed E-state index contributed by atoms with van der Waals surface area (Å²) in [6.07, 6.45) is 0. The van der Waals surface area contributed by atoms with Gasteiger partial charge in [0.05, 0.1) is 25.2 Å². The van der Waals surface area contributed by atoms with E-state index in [0.717, 1.165) is 5.56 Å². The van der Waals surface area contributed by atoms with Gasteiger partial charge in [0.1, 0.15) is 0 Å². The number of halogens is 1. The maximum atomic E-state index is 12.0. The average molecular weight is 340 g/mol. The third-order valence-corrected chi connectivity index (χ3v) is 4.05. The second kappa shape index (κ2) is 5.66. The molecule has 0 atom stereocenters. The Morgan fingerprint density at radius 2 is 1.75 bits per heavy atom. The van der Waals surface area contributed by atoms with E-state index < -0.39 is 0 Å². The molecule has 0 N–H and O–H groups in total. The Balaban J connectivity index is 2.24. The van der Waals surface area contributed by atoms with E-state index in [4.69, 9.17) is 9.47 Å². The molecule has 0 spiro atoms. The molecular formula is C14H14BrNO4. The van der Waals surface area contributed by atoms with E-state index in [-0.39, 0.29) is 18.4 Å². The van der Waals surface area contributed by atoms with Crippen molar-refractivity contribution in [2.45, 2.75) is 13.5 Å². The van der Waals surface area contributed by atoms with Crippen LogP contribution in [0.25, 0.3) is 0 Å². The van der Waals surface area contributed by atoms with Crippen molar-refractivity contribution in [3.8, 4) is 11.5 Å². The zero-order valence-corrected chi connectivity index (χ0v) is 13.0. The first-order chi connectivity index (χ1) is 9.49. The fraction of sp³-hybridized carbons (Fsp3) is 0.286. The van der Waals surface area contributed by atoms with E-state index in [1.54, 1.807) is 32.2 Å². The molecule has 0 fully saturated rings. The summed E-state index contributed by atoms with van der Waals surface area (Å²) in [5.74, 6) is 0.567. The molecule has 0 radical (unpaired) electrons. The second-order valence-electron chi connectivity index (χ2n) is 4.32. The first-order valence-corrected chi connectivity index (χ1v) is 6.72. The molecule has 0 aliphatic carbocycles. The first-order valence-electron chi connectivity index (χ1n) is 5.93. The molecule has 2 amide bonds. The minimum atomic E-state index is -0.317. The number of ether oxygens (including phenoxy) is 2. The van der Waals surface area contributed by atoms with Crippen LogP contribution in [0, 0.1) is 0 Å². The van der Waals surface area contributed by atoms with Crippen LogP contribution in [0.2, 0.25) is 0 Å². The molecule has 1 aromatic carbocycles. The minimum Gasteiger partial charge on any atom is -0.493 e. The Kier molecular flexibility index (Phi) is 4.13. The summed E-state index contributed by atoms with van der Waals surface area (Å²) < 4.78 is 10.7. The van der Waals surface area contributed by atoms with Gasteiger partial charge in [-0.1, -0.05) is 6.07 Å². The molecule has 0 bridgehead atoms. The topological polar surface area (TPSA) is 55.8 Å². The fourth-order valence-corrected chi connectivity index (χ4v) is 2.36. The lowest BCUT2D eigenvalue weighted by Gasteiger charge is -2.16. The van der Waals surface area contributed by atoms with Crippen LogP contribution >= 0.6 is 15.9 Å². The number of hydrogen-bond acceptors (Lipinski definition) is 4. The number of imide groups is 1. The number of rotatable bonds is 4. The third-order valence-electron chi connectivity index (χ3n) is 3.12. The van der Waals surface area contributed by atoms with Gasteiger partial charge in [0.25, 0.3) is 11.8 Å². The Labute approximate surface area is 125 Å². The van der Waals surface area contributed by atoms with Crippen LogP contribution in [0.5, 0.6) is 11.5 Å². The first kappa shape index (κ1) is 14.6. The number of hydrogen-bond donors (Lipinski definition) is 0. The van der Waals surface area contributed by atoms with Crippen molar-refractivity contribution in [1.82, 2.24) is 4.90 Å². The summed E-state index contributed by atoms with van der Waals surface area (Å²) in [4.78, 5) is 25.1. The highest BCUT2D eigenvalue weighted by Gasteiger charge is 2.34. The number of amides is 2. The highest BCUT2D eigenvalue weighted by atomic mass is 79.9. The van der Waals surface area contributed by atoms with Crippen molar-refractivity contribution in [3.05, 3.63) is 33.8 Å². The molecule has 0 saturated heterocycles. The summed E-state index contributed by atoms with van der Waals surface area (Å²) in [7, 11) is 3.09. The summed E-state index contributed by atoms with van der Waals surface area (Å²) >= 11 is 3.14. The van der Waals surface area contributed by atoms with Crippen molar-refractivity contribution >= 4 is 27.7 Å². The maximum Gasteiger partial charge on any atom is 0.268 e. The molecule has 1 aromatic rings. The van der Waals surface area contributed by atoms with Crippen molar-refractivity contribution < 1.29 is 19.1 Å². The van der Waals surface area contributed by atoms with Crippen LogP contribution in [0.3, 0.4) is 0 Å². The number of methoxy groups -OCH3 is 2. The number of carbonyl (C=O) groups is 2. The molecule has 0 unspecified atom stereocenters. The van der Waals surface area contributed by atoms with E-state index in [9.17, 15) is 9.59 Å². The summed E-state index contributed by atoms with van der Waals surface area (Å²) in [5, 5.41) is 0. The largest absolute Gasteiger partial charge is 0.493 e. The highest BCUT2D eigenvalue weighted by Crippen LogP contribution is 2.30. The van der Waals surface area contributed by atoms with Gasteiger partial charge in [-0.25, -0.2) is 0 Å². The number of nitrogens with zero attached hydrogens (tertiary/aromatic N) is 1. The van der Waals surface area contributed by atoms with Gasteiger partial charge in [0.15, 0.2) is 11.5 Å². The third kappa shape index (κ3) is 2.43. The molecule has 2 rings (SSSR count). The van der Waals surface area contributed by atoms with Crippen LogP contribution < -0.4 is 9.47 Å². The van der Waals surface area contributed by atoms with Gasteiger partial charge in [0.2, 0.25) is 0 Å². The van der Waals surface area contributed by atoms with Crippen LogP contribution in [-0.2, 0) is 16.1 Å². The molecule has 106 valence electrons. The van der Waals surface area contributed by atoms with Gasteiger partial charge in [-0.3, -0.25) is 14.5 Å². The van der Waals surface area contributed by atoms with Gasteiger partial charge in [-0.15, -0.1) is 0 Å². The van der Waals surface area contributed by atoms with Gasteiger partial charge in [-0.2, -0.15) is 0 Å². The molecule has 6 heteroatoms. The van der Waals surface area contributed by atoms with Crippen LogP contribution in [0.1, 0.15) is 12.5 Å². The zero-order valence-electron chi connectivity index (χ0n) is 11.4. The molecule has 1 heterocycles. The van der Waals surface area contributed by atoms with E-state index in [1.165, 1.54) is 12.0 Å². The summed E-state index contributed by atoms with van der Waals surface area (Å²) in [5.41, 5.74) is 1.22. The molecular weight excluding hydrogens is 326 g/mol. The van der Waals surface area contributed by atoms with Gasteiger partial charge < -0.3 is 9.47 Å². The molecule has 20 heavy (non-hydrogen) atoms. The maximum absolute atomic E-state index is 12.0. The number of carbonyl (C=O) groups excluding carboxylic acids is 2. The fourth-order valence-electron chi connectivity index (χ4n) is 1.97. The smallest absolute Gasteiger partial charge is 0.268 e. The lowest BCUT2D eigenvalue weighted by molar-refractivity contribution is -0.137. The van der Waals surface area contributed by atoms with Crippen molar-refractivity contribution in [2.24, 2.45) is 0 Å². The second-order valence-corrected chi connectivity index (χ2v) is 5.12. The number of benzene rings is 1. The normalized spacial score (nSPS) is 15.1. The zero-order chi connectivity index (χ0) is 14.9. The molecule has 0 saturated carbocycles. The van der Waals surface area contributed by atoms with E-state index in [2.05, 4.69) is 15.9 Å². The highest BCUT2D eigenvalue weighted by molar-refractivity contribution is 9.12. The van der Waals surface area contributed by atoms with Crippen molar-refractivity contribution in [3.63, 3.8) is 0 Å².